The molecule has 1 aromatic heterocycles. The number of aromatic nitrogens is 1. The fraction of sp³-hybridized carbons (Fsp3) is 0.333. The number of hydrogen-bond acceptors (Lipinski definition) is 7. The topological polar surface area (TPSA) is 104 Å². The zero-order chi connectivity index (χ0) is 30.9. The van der Waals surface area contributed by atoms with Gasteiger partial charge >= 0.3 is 6.09 Å². The fourth-order valence-corrected chi connectivity index (χ4v) is 10.8. The average molecular weight is 618 g/mol. The third-order valence-electron chi connectivity index (χ3n) is 7.41. The maximum Gasteiger partial charge on any atom is 0.413 e. The van der Waals surface area contributed by atoms with Gasteiger partial charge in [-0.1, -0.05) is 94.3 Å². The highest BCUT2D eigenvalue weighted by molar-refractivity contribution is 7.11. The van der Waals surface area contributed by atoms with Crippen LogP contribution in [0.2, 0.25) is 5.04 Å². The Hall–Kier alpha value is -3.86. The van der Waals surface area contributed by atoms with Crippen LogP contribution in [0.5, 0.6) is 5.75 Å². The molecule has 0 radical (unpaired) electrons. The molecule has 0 saturated carbocycles. The van der Waals surface area contributed by atoms with Crippen LogP contribution in [-0.4, -0.2) is 30.9 Å². The van der Waals surface area contributed by atoms with E-state index in [1.807, 2.05) is 19.1 Å². The maximum atomic E-state index is 12.7. The van der Waals surface area contributed by atoms with E-state index in [9.17, 15) is 14.9 Å². The summed E-state index contributed by atoms with van der Waals surface area (Å²) in [6, 6.07) is 26.5. The van der Waals surface area contributed by atoms with Gasteiger partial charge in [-0.2, -0.15) is 0 Å². The van der Waals surface area contributed by atoms with E-state index in [4.69, 9.17) is 9.16 Å². The molecule has 0 aliphatic rings. The Bertz CT molecular complexity index is 1430. The number of thiazole rings is 1. The Morgan fingerprint density at radius 1 is 0.953 bits per heavy atom. The van der Waals surface area contributed by atoms with Crippen molar-refractivity contribution in [3.05, 3.63) is 111 Å². The highest BCUT2D eigenvalue weighted by Gasteiger charge is 2.49. The number of rotatable bonds is 13. The third-order valence-corrected chi connectivity index (χ3v) is 13.5. The first-order valence-electron chi connectivity index (χ1n) is 14.5. The summed E-state index contributed by atoms with van der Waals surface area (Å²) in [5.74, 6) is 0.239. The normalized spacial score (nSPS) is 12.5. The molecular weight excluding hydrogens is 579 g/mol. The standard InChI is InChI=1S/C33H39N3O5SSi/c1-25-34-24-31(42-25)30(35-32(37)41-27-21-19-26(20-22-27)36(38)39)18-12-7-13-23-40-43(33(2,3)4,28-14-8-5-9-15-28)29-16-10-6-11-17-29/h5-6,8-11,14-17,19-22,24,30H,7,12-13,18,23H2,1-4H3,(H,35,37). The van der Waals surface area contributed by atoms with Gasteiger partial charge in [0.05, 0.1) is 16.0 Å². The van der Waals surface area contributed by atoms with E-state index >= 15 is 0 Å². The molecule has 0 bridgehead atoms. The Morgan fingerprint density at radius 3 is 2.07 bits per heavy atom. The van der Waals surface area contributed by atoms with Gasteiger partial charge in [-0.3, -0.25) is 10.1 Å². The van der Waals surface area contributed by atoms with Crippen LogP contribution in [0, 0.1) is 17.0 Å². The first kappa shape index (κ1) is 32.1. The molecule has 1 atom stereocenters. The lowest BCUT2D eigenvalue weighted by Gasteiger charge is -2.43. The molecule has 4 rings (SSSR count). The molecule has 0 spiro atoms. The van der Waals surface area contributed by atoms with Crippen LogP contribution in [0.25, 0.3) is 0 Å². The van der Waals surface area contributed by atoms with Crippen molar-refractivity contribution in [1.82, 2.24) is 10.3 Å². The second-order valence-corrected chi connectivity index (χ2v) is 17.1. The van der Waals surface area contributed by atoms with Crippen LogP contribution in [0.15, 0.2) is 91.1 Å². The lowest BCUT2D eigenvalue weighted by Crippen LogP contribution is -2.66. The fourth-order valence-electron chi connectivity index (χ4n) is 5.35. The molecule has 1 amide bonds. The molecule has 0 aliphatic carbocycles. The number of unbranched alkanes of at least 4 members (excludes halogenated alkanes) is 2. The second-order valence-electron chi connectivity index (χ2n) is 11.5. The highest BCUT2D eigenvalue weighted by atomic mass is 32.1. The van der Waals surface area contributed by atoms with Crippen molar-refractivity contribution < 1.29 is 18.9 Å². The zero-order valence-electron chi connectivity index (χ0n) is 25.1. The highest BCUT2D eigenvalue weighted by Crippen LogP contribution is 2.37. The minimum atomic E-state index is -2.57. The number of non-ortho nitro benzene ring substituents is 1. The maximum absolute atomic E-state index is 12.7. The molecule has 0 fully saturated rings. The summed E-state index contributed by atoms with van der Waals surface area (Å²) in [4.78, 5) is 28.5. The van der Waals surface area contributed by atoms with Gasteiger partial charge in [0.1, 0.15) is 5.75 Å². The van der Waals surface area contributed by atoms with Crippen molar-refractivity contribution in [2.24, 2.45) is 0 Å². The van der Waals surface area contributed by atoms with E-state index < -0.39 is 19.3 Å². The van der Waals surface area contributed by atoms with Crippen LogP contribution in [0.4, 0.5) is 10.5 Å². The lowest BCUT2D eigenvalue weighted by molar-refractivity contribution is -0.384. The summed E-state index contributed by atoms with van der Waals surface area (Å²) in [5.41, 5.74) is -0.0651. The van der Waals surface area contributed by atoms with Crippen molar-refractivity contribution in [3.8, 4) is 5.75 Å². The molecule has 1 heterocycles. The smallest absolute Gasteiger partial charge is 0.410 e. The minimum absolute atomic E-state index is 0.0651. The number of ether oxygens (including phenoxy) is 1. The first-order chi connectivity index (χ1) is 20.6. The second kappa shape index (κ2) is 14.5. The SMILES string of the molecule is Cc1ncc(C(CCCCCO[Si](c2ccccc2)(c2ccccc2)C(C)(C)C)NC(=O)Oc2ccc([N+](=O)[O-])cc2)s1. The number of nitrogens with one attached hydrogen (secondary N) is 1. The Balaban J connectivity index is 1.37. The van der Waals surface area contributed by atoms with Gasteiger partial charge < -0.3 is 14.5 Å². The first-order valence-corrected chi connectivity index (χ1v) is 17.2. The molecule has 43 heavy (non-hydrogen) atoms. The lowest BCUT2D eigenvalue weighted by atomic mass is 10.1. The number of nitro groups is 1. The molecule has 8 nitrogen and oxygen atoms in total. The van der Waals surface area contributed by atoms with Crippen LogP contribution in [0.1, 0.15) is 62.4 Å². The van der Waals surface area contributed by atoms with Crippen LogP contribution in [-0.2, 0) is 4.43 Å². The molecule has 1 N–H and O–H groups in total. The van der Waals surface area contributed by atoms with E-state index in [0.29, 0.717) is 6.61 Å². The summed E-state index contributed by atoms with van der Waals surface area (Å²) in [7, 11) is -2.57. The molecule has 3 aromatic carbocycles. The Morgan fingerprint density at radius 2 is 1.56 bits per heavy atom. The quantitative estimate of drug-likeness (QED) is 0.0729. The summed E-state index contributed by atoms with van der Waals surface area (Å²) in [5, 5.41) is 17.3. The van der Waals surface area contributed by atoms with E-state index in [1.54, 1.807) is 17.5 Å². The number of hydrogen-bond donors (Lipinski definition) is 1. The minimum Gasteiger partial charge on any atom is -0.410 e. The van der Waals surface area contributed by atoms with Gasteiger partial charge in [-0.05, 0) is 47.3 Å². The van der Waals surface area contributed by atoms with E-state index in [2.05, 4.69) is 79.6 Å². The van der Waals surface area contributed by atoms with Crippen molar-refractivity contribution in [3.63, 3.8) is 0 Å². The van der Waals surface area contributed by atoms with Crippen molar-refractivity contribution in [2.75, 3.05) is 6.61 Å². The monoisotopic (exact) mass is 617 g/mol. The van der Waals surface area contributed by atoms with Crippen LogP contribution in [0.3, 0.4) is 0 Å². The number of amides is 1. The molecule has 4 aromatic rings. The van der Waals surface area contributed by atoms with Gasteiger partial charge in [0, 0.05) is 29.8 Å². The molecule has 0 aliphatic heterocycles. The Labute approximate surface area is 258 Å². The number of carbonyl (C=O) groups is 1. The molecule has 1 unspecified atom stereocenters. The van der Waals surface area contributed by atoms with Gasteiger partial charge in [-0.25, -0.2) is 9.78 Å². The van der Waals surface area contributed by atoms with Gasteiger partial charge in [0.2, 0.25) is 0 Å². The van der Waals surface area contributed by atoms with Crippen LogP contribution >= 0.6 is 11.3 Å². The predicted molar refractivity (Wildman–Crippen MR) is 174 cm³/mol. The number of benzene rings is 3. The summed E-state index contributed by atoms with van der Waals surface area (Å²) < 4.78 is 12.4. The predicted octanol–water partition coefficient (Wildman–Crippen LogP) is 7.33. The third kappa shape index (κ3) is 8.16. The molecule has 226 valence electrons. The summed E-state index contributed by atoms with van der Waals surface area (Å²) in [6.45, 7) is 9.42. The Kier molecular flexibility index (Phi) is 10.8. The number of aryl methyl sites for hydroxylation is 1. The van der Waals surface area contributed by atoms with Gasteiger partial charge in [-0.15, -0.1) is 11.3 Å². The van der Waals surface area contributed by atoms with E-state index in [1.165, 1.54) is 34.6 Å². The van der Waals surface area contributed by atoms with Crippen molar-refractivity contribution in [1.29, 1.82) is 0 Å². The van der Waals surface area contributed by atoms with E-state index in [0.717, 1.165) is 35.6 Å². The number of carbonyl (C=O) groups excluding carboxylic acids is 1. The van der Waals surface area contributed by atoms with Crippen LogP contribution < -0.4 is 20.4 Å². The largest absolute Gasteiger partial charge is 0.413 e. The number of nitrogens with zero attached hydrogens (tertiary/aromatic N) is 2. The molecule has 0 saturated heterocycles. The zero-order valence-corrected chi connectivity index (χ0v) is 26.9. The van der Waals surface area contributed by atoms with E-state index in [-0.39, 0.29) is 22.5 Å². The molecular formula is C33H39N3O5SSi. The van der Waals surface area contributed by atoms with Gasteiger partial charge in [0.15, 0.2) is 0 Å². The number of nitro benzene ring substituents is 1. The van der Waals surface area contributed by atoms with Crippen molar-refractivity contribution in [2.45, 2.75) is 64.5 Å². The average Bonchev–Trinajstić information content (AvgIpc) is 3.42. The van der Waals surface area contributed by atoms with Crippen molar-refractivity contribution >= 4 is 41.8 Å². The summed E-state index contributed by atoms with van der Waals surface area (Å²) in [6.07, 6.45) is 4.61. The molecule has 10 heteroatoms. The van der Waals surface area contributed by atoms with Gasteiger partial charge in [0.25, 0.3) is 14.0 Å². The summed E-state index contributed by atoms with van der Waals surface area (Å²) >= 11 is 1.54.